The molecular weight excluding hydrogens is 1170 g/mol. The molecule has 6 aromatic heterocycles. The number of fused-ring (bicyclic) bond motifs is 6. The third-order valence-electron chi connectivity index (χ3n) is 17.7. The molecule has 11 heteroatoms. The van der Waals surface area contributed by atoms with Crippen molar-refractivity contribution in [2.75, 3.05) is 0 Å². The second-order valence-electron chi connectivity index (χ2n) is 23.1. The standard InChI is InChI=1S/C83H49F3N8/c84-83(85,86)71-23-13-22-60(46-87)82(71)65-44-80(93-76-36-28-56(61-24-32-72(89-48-61)52-14-5-1-6-15-52)40-66(76)67-41-57(29-37-77(67)93)62-25-33-73(90-49-62)53-16-7-2-8-17-53)70(47-88)81(45-65)94-78-38-30-58(63-26-34-74(91-50-63)54-18-9-3-10-19-54)42-68(78)69-43-59(31-39-79(69)94)64-27-35-75(92-51-64)55-20-11-4-12-21-55/h1-45,48-51H. The minimum absolute atomic E-state index is 0.0864. The van der Waals surface area contributed by atoms with Crippen molar-refractivity contribution < 1.29 is 13.2 Å². The molecule has 442 valence electrons. The minimum Gasteiger partial charge on any atom is -0.308 e. The zero-order valence-electron chi connectivity index (χ0n) is 50.0. The molecular formula is C83H49F3N8. The SMILES string of the molecule is N#Cc1cccc(C(F)(F)F)c1-c1cc(-n2c3ccc(-c4ccc(-c5ccccc5)nc4)cc3c3cc(-c4ccc(-c5ccccc5)nc4)ccc32)c(C#N)c(-n2c3ccc(-c4ccc(-c5ccccc5)nc4)cc3c3cc(-c4ccc(-c5ccccc5)nc4)ccc32)c1. The van der Waals surface area contributed by atoms with Crippen LogP contribution < -0.4 is 0 Å². The monoisotopic (exact) mass is 1210 g/mol. The second-order valence-corrected chi connectivity index (χ2v) is 23.1. The van der Waals surface area contributed by atoms with Crippen LogP contribution in [0.5, 0.6) is 0 Å². The van der Waals surface area contributed by atoms with Crippen LogP contribution in [0.2, 0.25) is 0 Å². The Bertz CT molecular complexity index is 5090. The van der Waals surface area contributed by atoms with E-state index in [9.17, 15) is 10.5 Å². The maximum absolute atomic E-state index is 15.7. The van der Waals surface area contributed by atoms with E-state index < -0.39 is 11.7 Å². The molecule has 0 aliphatic heterocycles. The van der Waals surface area contributed by atoms with Gasteiger partial charge >= 0.3 is 6.18 Å². The number of alkyl halides is 3. The molecule has 0 saturated carbocycles. The van der Waals surface area contributed by atoms with E-state index in [1.165, 1.54) is 12.1 Å². The van der Waals surface area contributed by atoms with Crippen molar-refractivity contribution in [3.63, 3.8) is 0 Å². The maximum Gasteiger partial charge on any atom is 0.417 e. The van der Waals surface area contributed by atoms with Gasteiger partial charge in [-0.2, -0.15) is 23.7 Å². The van der Waals surface area contributed by atoms with Crippen molar-refractivity contribution in [2.24, 2.45) is 0 Å². The normalized spacial score (nSPS) is 11.5. The van der Waals surface area contributed by atoms with Gasteiger partial charge in [-0.1, -0.05) is 176 Å². The Balaban J connectivity index is 0.949. The molecule has 0 saturated heterocycles. The van der Waals surface area contributed by atoms with Crippen LogP contribution in [-0.4, -0.2) is 29.1 Å². The number of halogens is 3. The number of nitriles is 2. The molecule has 8 nitrogen and oxygen atoms in total. The predicted octanol–water partition coefficient (Wildman–Crippen LogP) is 21.2. The highest BCUT2D eigenvalue weighted by Gasteiger charge is 2.36. The van der Waals surface area contributed by atoms with Crippen molar-refractivity contribution in [3.8, 4) is 124 Å². The van der Waals surface area contributed by atoms with E-state index >= 15 is 13.2 Å². The molecule has 0 spiro atoms. The summed E-state index contributed by atoms with van der Waals surface area (Å²) >= 11 is 0. The van der Waals surface area contributed by atoms with Gasteiger partial charge in [0.25, 0.3) is 0 Å². The van der Waals surface area contributed by atoms with Gasteiger partial charge in [0, 0.05) is 96.4 Å². The van der Waals surface area contributed by atoms with Crippen LogP contribution in [0.1, 0.15) is 16.7 Å². The molecule has 0 aliphatic rings. The Morgan fingerprint density at radius 2 is 0.596 bits per heavy atom. The maximum atomic E-state index is 15.7. The summed E-state index contributed by atoms with van der Waals surface area (Å²) in [5.74, 6) is 0. The number of pyridine rings is 4. The lowest BCUT2D eigenvalue weighted by atomic mass is 9.92. The molecule has 0 amide bonds. The Kier molecular flexibility index (Phi) is 13.9. The number of aromatic nitrogens is 6. The van der Waals surface area contributed by atoms with Crippen LogP contribution in [0.3, 0.4) is 0 Å². The fourth-order valence-corrected chi connectivity index (χ4v) is 13.1. The zero-order chi connectivity index (χ0) is 63.4. The molecule has 6 heterocycles. The number of rotatable bonds is 11. The average molecular weight is 1220 g/mol. The average Bonchev–Trinajstić information content (AvgIpc) is 1.55. The summed E-state index contributed by atoms with van der Waals surface area (Å²) in [7, 11) is 0. The first-order valence-electron chi connectivity index (χ1n) is 30.6. The van der Waals surface area contributed by atoms with Gasteiger partial charge in [-0.3, -0.25) is 19.9 Å². The van der Waals surface area contributed by atoms with Crippen molar-refractivity contribution in [1.82, 2.24) is 29.1 Å². The largest absolute Gasteiger partial charge is 0.417 e. The van der Waals surface area contributed by atoms with Crippen molar-refractivity contribution in [1.29, 1.82) is 10.5 Å². The number of hydrogen-bond donors (Lipinski definition) is 0. The highest BCUT2D eigenvalue weighted by molar-refractivity contribution is 6.14. The second kappa shape index (κ2) is 23.2. The molecule has 0 bridgehead atoms. The quantitative estimate of drug-likeness (QED) is 0.128. The van der Waals surface area contributed by atoms with Crippen LogP contribution in [-0.2, 0) is 6.18 Å². The van der Waals surface area contributed by atoms with Crippen molar-refractivity contribution in [2.45, 2.75) is 6.18 Å². The molecule has 0 atom stereocenters. The van der Waals surface area contributed by atoms with Crippen LogP contribution >= 0.6 is 0 Å². The van der Waals surface area contributed by atoms with Gasteiger partial charge in [-0.15, -0.1) is 0 Å². The first-order chi connectivity index (χ1) is 46.1. The first-order valence-corrected chi connectivity index (χ1v) is 30.6. The highest BCUT2D eigenvalue weighted by Crippen LogP contribution is 2.46. The molecule has 0 aliphatic carbocycles. The topological polar surface area (TPSA) is 109 Å². The molecule has 16 rings (SSSR count). The van der Waals surface area contributed by atoms with Gasteiger partial charge in [0.2, 0.25) is 0 Å². The number of benzene rings is 10. The van der Waals surface area contributed by atoms with Gasteiger partial charge in [0.1, 0.15) is 11.6 Å². The van der Waals surface area contributed by atoms with Gasteiger partial charge < -0.3 is 9.13 Å². The van der Waals surface area contributed by atoms with E-state index in [1.54, 1.807) is 12.1 Å². The first kappa shape index (κ1) is 56.4. The van der Waals surface area contributed by atoms with E-state index in [4.69, 9.17) is 19.9 Å². The minimum atomic E-state index is -4.87. The summed E-state index contributed by atoms with van der Waals surface area (Å²) in [6.07, 6.45) is 2.56. The van der Waals surface area contributed by atoms with Gasteiger partial charge in [0.15, 0.2) is 0 Å². The smallest absolute Gasteiger partial charge is 0.308 e. The van der Waals surface area contributed by atoms with E-state index in [1.807, 2.05) is 252 Å². The Hall–Kier alpha value is -12.8. The molecule has 10 aromatic carbocycles. The molecule has 0 N–H and O–H groups in total. The summed E-state index contributed by atoms with van der Waals surface area (Å²) in [4.78, 5) is 19.6. The summed E-state index contributed by atoms with van der Waals surface area (Å²) in [5.41, 5.74) is 16.3. The van der Waals surface area contributed by atoms with Crippen LogP contribution in [0, 0.1) is 22.7 Å². The van der Waals surface area contributed by atoms with E-state index in [0.29, 0.717) is 33.4 Å². The summed E-state index contributed by atoms with van der Waals surface area (Å²) in [6.45, 7) is 0. The summed E-state index contributed by atoms with van der Waals surface area (Å²) in [6, 6.07) is 92.2. The highest BCUT2D eigenvalue weighted by atomic mass is 19.4. The molecule has 0 radical (unpaired) electrons. The molecule has 16 aromatic rings. The number of nitrogens with zero attached hydrogens (tertiary/aromatic N) is 8. The lowest BCUT2D eigenvalue weighted by Crippen LogP contribution is -2.10. The van der Waals surface area contributed by atoms with Crippen LogP contribution in [0.25, 0.3) is 156 Å². The van der Waals surface area contributed by atoms with Crippen LogP contribution in [0.4, 0.5) is 13.2 Å². The third-order valence-corrected chi connectivity index (χ3v) is 17.7. The lowest BCUT2D eigenvalue weighted by molar-refractivity contribution is -0.137. The Morgan fingerprint density at radius 1 is 0.287 bits per heavy atom. The van der Waals surface area contributed by atoms with Gasteiger partial charge in [-0.05, 0) is 125 Å². The van der Waals surface area contributed by atoms with E-state index in [2.05, 4.69) is 36.4 Å². The predicted molar refractivity (Wildman–Crippen MR) is 370 cm³/mol. The van der Waals surface area contributed by atoms with Crippen LogP contribution in [0.15, 0.2) is 298 Å². The van der Waals surface area contributed by atoms with E-state index in [-0.39, 0.29) is 22.3 Å². The molecule has 94 heavy (non-hydrogen) atoms. The third kappa shape index (κ3) is 10.1. The summed E-state index contributed by atoms with van der Waals surface area (Å²) < 4.78 is 51.1. The molecule has 0 unspecified atom stereocenters. The number of hydrogen-bond acceptors (Lipinski definition) is 6. The Morgan fingerprint density at radius 3 is 0.862 bits per heavy atom. The summed E-state index contributed by atoms with van der Waals surface area (Å²) in [5, 5.41) is 26.2. The van der Waals surface area contributed by atoms with Crippen molar-refractivity contribution in [3.05, 3.63) is 314 Å². The lowest BCUT2D eigenvalue weighted by Gasteiger charge is -2.20. The van der Waals surface area contributed by atoms with Crippen molar-refractivity contribution >= 4 is 43.6 Å². The van der Waals surface area contributed by atoms with Gasteiger partial charge in [-0.25, -0.2) is 0 Å². The fourth-order valence-electron chi connectivity index (χ4n) is 13.1. The Labute approximate surface area is 538 Å². The van der Waals surface area contributed by atoms with E-state index in [0.717, 1.165) is 117 Å². The van der Waals surface area contributed by atoms with Gasteiger partial charge in [0.05, 0.1) is 73.4 Å². The zero-order valence-corrected chi connectivity index (χ0v) is 50.0. The molecule has 0 fully saturated rings. The fraction of sp³-hybridized carbons (Fsp3) is 0.0120.